The molecule has 0 unspecified atom stereocenters. The minimum Gasteiger partial charge on any atom is -0.457 e. The fourth-order valence-electron chi connectivity index (χ4n) is 3.47. The van der Waals surface area contributed by atoms with Crippen molar-refractivity contribution in [3.8, 4) is 23.1 Å². The van der Waals surface area contributed by atoms with Gasteiger partial charge in [0.25, 0.3) is 0 Å². The molecule has 0 aliphatic carbocycles. The molecule has 158 valence electrons. The molecule has 7 heteroatoms. The number of aromatic nitrogens is 2. The summed E-state index contributed by atoms with van der Waals surface area (Å²) in [6.45, 7) is 3.49. The van der Waals surface area contributed by atoms with Crippen LogP contribution in [0.5, 0.6) is 23.1 Å². The third-order valence-electron chi connectivity index (χ3n) is 4.92. The Labute approximate surface area is 181 Å². The molecule has 7 nitrogen and oxygen atoms in total. The number of carbonyl (C=O) groups is 1. The molecule has 0 radical (unpaired) electrons. The second-order valence-corrected chi connectivity index (χ2v) is 7.34. The molecule has 2 aromatic carbocycles. The lowest BCUT2D eigenvalue weighted by molar-refractivity contribution is -0.118. The van der Waals surface area contributed by atoms with E-state index in [-0.39, 0.29) is 5.78 Å². The van der Waals surface area contributed by atoms with Crippen molar-refractivity contribution in [1.82, 2.24) is 14.9 Å². The molecule has 0 atom stereocenters. The van der Waals surface area contributed by atoms with Gasteiger partial charge in [-0.15, -0.1) is 0 Å². The Morgan fingerprint density at radius 1 is 1.00 bits per heavy atom. The van der Waals surface area contributed by atoms with Crippen LogP contribution in [0, 0.1) is 0 Å². The maximum absolute atomic E-state index is 11.4. The highest BCUT2D eigenvalue weighted by atomic mass is 16.5. The summed E-state index contributed by atoms with van der Waals surface area (Å²) in [7, 11) is 0. The molecular formula is C24H24N4O3. The third kappa shape index (κ3) is 5.26. The summed E-state index contributed by atoms with van der Waals surface area (Å²) in [6, 6.07) is 16.9. The first-order chi connectivity index (χ1) is 15.1. The van der Waals surface area contributed by atoms with Crippen molar-refractivity contribution >= 4 is 17.2 Å². The van der Waals surface area contributed by atoms with E-state index in [4.69, 9.17) is 15.2 Å². The summed E-state index contributed by atoms with van der Waals surface area (Å²) in [6.07, 6.45) is 4.20. The van der Waals surface area contributed by atoms with Crippen LogP contribution in [0.2, 0.25) is 0 Å². The van der Waals surface area contributed by atoms with Gasteiger partial charge in [0.15, 0.2) is 0 Å². The van der Waals surface area contributed by atoms with E-state index < -0.39 is 0 Å². The van der Waals surface area contributed by atoms with Crippen molar-refractivity contribution in [3.63, 3.8) is 0 Å². The smallest absolute Gasteiger partial charge is 0.231 e. The summed E-state index contributed by atoms with van der Waals surface area (Å²) in [5.74, 6) is 3.04. The van der Waals surface area contributed by atoms with E-state index in [1.807, 2.05) is 54.6 Å². The lowest BCUT2D eigenvalue weighted by Crippen LogP contribution is -2.32. The summed E-state index contributed by atoms with van der Waals surface area (Å²) < 4.78 is 11.9. The van der Waals surface area contributed by atoms with E-state index in [1.165, 1.54) is 6.33 Å². The van der Waals surface area contributed by atoms with Gasteiger partial charge in [-0.25, -0.2) is 9.97 Å². The number of anilines is 1. The molecule has 2 N–H and O–H groups in total. The average Bonchev–Trinajstić information content (AvgIpc) is 2.76. The Kier molecular flexibility index (Phi) is 6.24. The van der Waals surface area contributed by atoms with Crippen LogP contribution >= 0.6 is 0 Å². The zero-order valence-corrected chi connectivity index (χ0v) is 17.3. The Bertz CT molecular complexity index is 1080. The number of hydrogen-bond acceptors (Lipinski definition) is 7. The van der Waals surface area contributed by atoms with Crippen LogP contribution in [-0.2, 0) is 4.79 Å². The molecule has 1 aromatic heterocycles. The quantitative estimate of drug-likeness (QED) is 0.613. The number of carbonyl (C=O) groups excluding carboxylic acids is 1. The van der Waals surface area contributed by atoms with Gasteiger partial charge in [-0.05, 0) is 55.3 Å². The average molecular weight is 416 g/mol. The molecule has 0 fully saturated rings. The Hall–Kier alpha value is -3.71. The van der Waals surface area contributed by atoms with Gasteiger partial charge >= 0.3 is 0 Å². The van der Waals surface area contributed by atoms with Crippen LogP contribution < -0.4 is 15.2 Å². The highest BCUT2D eigenvalue weighted by Gasteiger charge is 2.21. The van der Waals surface area contributed by atoms with E-state index in [9.17, 15) is 4.79 Å². The van der Waals surface area contributed by atoms with Gasteiger partial charge < -0.3 is 15.2 Å². The standard InChI is InChI=1S/C24H24N4O3/c1-17(29)15-28-13-11-18(12-14-28)22-23(25)26-16-27-24(22)31-21-9-7-20(8-10-21)30-19-5-3-2-4-6-19/h2-11,16H,12-15H2,1H3,(H2,25,26,27). The molecule has 2 heterocycles. The van der Waals surface area contributed by atoms with Crippen LogP contribution in [0.3, 0.4) is 0 Å². The van der Waals surface area contributed by atoms with E-state index in [1.54, 1.807) is 6.92 Å². The number of nitrogen functional groups attached to an aromatic ring is 1. The largest absolute Gasteiger partial charge is 0.457 e. The van der Waals surface area contributed by atoms with Gasteiger partial charge in [0.2, 0.25) is 5.88 Å². The van der Waals surface area contributed by atoms with Crippen LogP contribution in [0.1, 0.15) is 18.9 Å². The Balaban J connectivity index is 1.50. The molecular weight excluding hydrogens is 392 g/mol. The van der Waals surface area contributed by atoms with Crippen molar-refractivity contribution in [2.45, 2.75) is 13.3 Å². The predicted molar refractivity (Wildman–Crippen MR) is 119 cm³/mol. The number of ketones is 1. The van der Waals surface area contributed by atoms with Gasteiger partial charge in [0, 0.05) is 13.1 Å². The minimum atomic E-state index is 0.156. The number of rotatable bonds is 7. The number of Topliss-reactive ketones (excluding diaryl/α,β-unsaturated/α-hetero) is 1. The number of nitrogens with zero attached hydrogens (tertiary/aromatic N) is 3. The zero-order valence-electron chi connectivity index (χ0n) is 17.3. The van der Waals surface area contributed by atoms with Crippen LogP contribution in [-0.4, -0.2) is 40.3 Å². The molecule has 3 aromatic rings. The molecule has 31 heavy (non-hydrogen) atoms. The zero-order chi connectivity index (χ0) is 21.6. The monoisotopic (exact) mass is 416 g/mol. The van der Waals surface area contributed by atoms with Crippen molar-refractivity contribution in [3.05, 3.63) is 72.6 Å². The number of ether oxygens (including phenoxy) is 2. The first-order valence-electron chi connectivity index (χ1n) is 10.1. The summed E-state index contributed by atoms with van der Waals surface area (Å²) in [4.78, 5) is 21.9. The van der Waals surface area contributed by atoms with E-state index in [0.29, 0.717) is 41.8 Å². The molecule has 0 spiro atoms. The highest BCUT2D eigenvalue weighted by molar-refractivity contribution is 5.79. The van der Waals surface area contributed by atoms with Crippen molar-refractivity contribution in [2.24, 2.45) is 0 Å². The van der Waals surface area contributed by atoms with Crippen LogP contribution in [0.25, 0.3) is 5.57 Å². The SMILES string of the molecule is CC(=O)CN1CC=C(c2c(N)ncnc2Oc2ccc(Oc3ccccc3)cc2)CC1. The number of hydrogen-bond donors (Lipinski definition) is 1. The topological polar surface area (TPSA) is 90.6 Å². The number of nitrogens with two attached hydrogens (primary N) is 1. The van der Waals surface area contributed by atoms with Crippen molar-refractivity contribution in [1.29, 1.82) is 0 Å². The van der Waals surface area contributed by atoms with E-state index in [2.05, 4.69) is 20.9 Å². The molecule has 0 saturated carbocycles. The second-order valence-electron chi connectivity index (χ2n) is 7.34. The van der Waals surface area contributed by atoms with Gasteiger partial charge in [-0.2, -0.15) is 0 Å². The van der Waals surface area contributed by atoms with Gasteiger partial charge in [0.1, 0.15) is 35.2 Å². The van der Waals surface area contributed by atoms with Crippen molar-refractivity contribution in [2.75, 3.05) is 25.4 Å². The van der Waals surface area contributed by atoms with E-state index >= 15 is 0 Å². The van der Waals surface area contributed by atoms with Crippen LogP contribution in [0.15, 0.2) is 67.0 Å². The molecule has 1 aliphatic heterocycles. The lowest BCUT2D eigenvalue weighted by atomic mass is 10.0. The number of benzene rings is 2. The van der Waals surface area contributed by atoms with Gasteiger partial charge in [-0.3, -0.25) is 9.69 Å². The van der Waals surface area contributed by atoms with Crippen LogP contribution in [0.4, 0.5) is 5.82 Å². The third-order valence-corrected chi connectivity index (χ3v) is 4.92. The minimum absolute atomic E-state index is 0.156. The number of para-hydroxylation sites is 1. The summed E-state index contributed by atoms with van der Waals surface area (Å²) in [5, 5.41) is 0. The normalized spacial score (nSPS) is 14.0. The summed E-state index contributed by atoms with van der Waals surface area (Å²) >= 11 is 0. The van der Waals surface area contributed by atoms with Crippen molar-refractivity contribution < 1.29 is 14.3 Å². The fourth-order valence-corrected chi connectivity index (χ4v) is 3.47. The highest BCUT2D eigenvalue weighted by Crippen LogP contribution is 2.35. The first kappa shape index (κ1) is 20.6. The lowest BCUT2D eigenvalue weighted by Gasteiger charge is -2.26. The summed E-state index contributed by atoms with van der Waals surface area (Å²) in [5.41, 5.74) is 7.90. The Morgan fingerprint density at radius 3 is 2.32 bits per heavy atom. The maximum atomic E-state index is 11.4. The molecule has 0 bridgehead atoms. The molecule has 0 amide bonds. The maximum Gasteiger partial charge on any atom is 0.231 e. The van der Waals surface area contributed by atoms with Gasteiger partial charge in [0.05, 0.1) is 12.1 Å². The molecule has 4 rings (SSSR count). The second kappa shape index (κ2) is 9.40. The first-order valence-corrected chi connectivity index (χ1v) is 10.1. The Morgan fingerprint density at radius 2 is 1.68 bits per heavy atom. The van der Waals surface area contributed by atoms with E-state index in [0.717, 1.165) is 24.3 Å². The van der Waals surface area contributed by atoms with Gasteiger partial charge in [-0.1, -0.05) is 24.3 Å². The fraction of sp³-hybridized carbons (Fsp3) is 0.208. The molecule has 1 aliphatic rings. The predicted octanol–water partition coefficient (Wildman–Crippen LogP) is 4.32. The molecule has 0 saturated heterocycles.